The van der Waals surface area contributed by atoms with E-state index in [-0.39, 0.29) is 11.1 Å². The maximum Gasteiger partial charge on any atom is 0.106 e. The van der Waals surface area contributed by atoms with E-state index in [0.717, 1.165) is 45.7 Å². The first-order valence-corrected chi connectivity index (χ1v) is 7.68. The van der Waals surface area contributed by atoms with Crippen LogP contribution in [0.1, 0.15) is 40.0 Å². The monoisotopic (exact) mass is 270 g/mol. The molecule has 0 bridgehead atoms. The zero-order valence-corrected chi connectivity index (χ0v) is 13.0. The van der Waals surface area contributed by atoms with Crippen LogP contribution in [0.4, 0.5) is 0 Å². The fraction of sp³-hybridized carbons (Fsp3) is 1.00. The first-order chi connectivity index (χ1) is 9.06. The quantitative estimate of drug-likeness (QED) is 0.823. The Bertz CT molecular complexity index is 292. The van der Waals surface area contributed by atoms with Gasteiger partial charge >= 0.3 is 0 Å². The Morgan fingerprint density at radius 3 is 2.74 bits per heavy atom. The lowest BCUT2D eigenvalue weighted by Crippen LogP contribution is -2.65. The molecule has 0 spiro atoms. The van der Waals surface area contributed by atoms with Crippen LogP contribution in [0, 0.1) is 0 Å². The highest BCUT2D eigenvalue weighted by molar-refractivity contribution is 4.98. The van der Waals surface area contributed by atoms with Crippen LogP contribution in [0.25, 0.3) is 0 Å². The van der Waals surface area contributed by atoms with E-state index in [0.29, 0.717) is 6.04 Å². The summed E-state index contributed by atoms with van der Waals surface area (Å²) in [6.45, 7) is 11.6. The fourth-order valence-electron chi connectivity index (χ4n) is 3.26. The molecule has 2 rings (SSSR count). The van der Waals surface area contributed by atoms with E-state index in [4.69, 9.17) is 9.47 Å². The molecule has 0 aromatic carbocycles. The second kappa shape index (κ2) is 6.08. The van der Waals surface area contributed by atoms with Crippen molar-refractivity contribution in [3.05, 3.63) is 0 Å². The van der Waals surface area contributed by atoms with Gasteiger partial charge in [0.25, 0.3) is 0 Å². The summed E-state index contributed by atoms with van der Waals surface area (Å²) in [5.41, 5.74) is 0.152. The molecule has 3 atom stereocenters. The van der Waals surface area contributed by atoms with Crippen molar-refractivity contribution in [1.82, 2.24) is 10.2 Å². The van der Waals surface area contributed by atoms with Crippen LogP contribution in [0.3, 0.4) is 0 Å². The van der Waals surface area contributed by atoms with Gasteiger partial charge in [-0.15, -0.1) is 0 Å². The predicted octanol–water partition coefficient (Wildman–Crippen LogP) is 1.64. The average molecular weight is 270 g/mol. The number of piperazine rings is 1. The Balaban J connectivity index is 2.05. The molecule has 2 aliphatic rings. The molecule has 4 nitrogen and oxygen atoms in total. The molecule has 0 saturated carbocycles. The molecule has 0 aliphatic carbocycles. The zero-order valence-electron chi connectivity index (χ0n) is 13.0. The molecule has 4 heteroatoms. The Kier molecular flexibility index (Phi) is 4.88. The molecule has 2 heterocycles. The average Bonchev–Trinajstić information content (AvgIpc) is 2.88. The molecule has 0 aromatic heterocycles. The molecule has 19 heavy (non-hydrogen) atoms. The van der Waals surface area contributed by atoms with Crippen molar-refractivity contribution in [3.63, 3.8) is 0 Å². The summed E-state index contributed by atoms with van der Waals surface area (Å²) >= 11 is 0. The summed E-state index contributed by atoms with van der Waals surface area (Å²) in [4.78, 5) is 2.62. The van der Waals surface area contributed by atoms with E-state index in [9.17, 15) is 0 Å². The second-order valence-electron chi connectivity index (χ2n) is 6.45. The van der Waals surface area contributed by atoms with Crippen molar-refractivity contribution < 1.29 is 9.47 Å². The third-order valence-corrected chi connectivity index (χ3v) is 5.08. The van der Waals surface area contributed by atoms with Crippen LogP contribution in [0.2, 0.25) is 0 Å². The van der Waals surface area contributed by atoms with Gasteiger partial charge < -0.3 is 14.8 Å². The van der Waals surface area contributed by atoms with Crippen LogP contribution >= 0.6 is 0 Å². The third-order valence-electron chi connectivity index (χ3n) is 5.08. The van der Waals surface area contributed by atoms with Crippen LogP contribution in [-0.4, -0.2) is 62.0 Å². The van der Waals surface area contributed by atoms with Gasteiger partial charge in [-0.25, -0.2) is 0 Å². The van der Waals surface area contributed by atoms with Gasteiger partial charge in [0.1, 0.15) is 5.60 Å². The molecule has 2 aliphatic heterocycles. The summed E-state index contributed by atoms with van der Waals surface area (Å²) in [5.74, 6) is 0. The largest absolute Gasteiger partial charge is 0.378 e. The lowest BCUT2D eigenvalue weighted by atomic mass is 9.91. The summed E-state index contributed by atoms with van der Waals surface area (Å²) in [6, 6.07) is 0.618. The highest BCUT2D eigenvalue weighted by Crippen LogP contribution is 2.28. The number of nitrogens with one attached hydrogen (secondary N) is 1. The highest BCUT2D eigenvalue weighted by atomic mass is 16.5. The van der Waals surface area contributed by atoms with E-state index in [1.807, 2.05) is 7.11 Å². The maximum atomic E-state index is 5.81. The van der Waals surface area contributed by atoms with Crippen molar-refractivity contribution in [1.29, 1.82) is 0 Å². The Morgan fingerprint density at radius 1 is 1.42 bits per heavy atom. The summed E-state index contributed by atoms with van der Waals surface area (Å²) in [7, 11) is 1.83. The minimum atomic E-state index is -0.0839. The van der Waals surface area contributed by atoms with Crippen molar-refractivity contribution in [2.45, 2.75) is 57.2 Å². The zero-order chi connectivity index (χ0) is 13.9. The number of ether oxygens (including phenoxy) is 2. The fourth-order valence-corrected chi connectivity index (χ4v) is 3.26. The topological polar surface area (TPSA) is 33.7 Å². The third kappa shape index (κ3) is 3.30. The normalized spacial score (nSPS) is 40.7. The first kappa shape index (κ1) is 15.2. The molecule has 3 unspecified atom stereocenters. The minimum Gasteiger partial charge on any atom is -0.378 e. The molecule has 112 valence electrons. The number of methoxy groups -OCH3 is 1. The number of nitrogens with zero attached hydrogens (tertiary/aromatic N) is 1. The number of hydrogen-bond acceptors (Lipinski definition) is 4. The molecular weight excluding hydrogens is 240 g/mol. The molecule has 0 amide bonds. The number of hydrogen-bond donors (Lipinski definition) is 1. The van der Waals surface area contributed by atoms with Crippen molar-refractivity contribution >= 4 is 0 Å². The van der Waals surface area contributed by atoms with Crippen LogP contribution in [-0.2, 0) is 9.47 Å². The number of rotatable bonds is 5. The summed E-state index contributed by atoms with van der Waals surface area (Å²) < 4.78 is 11.4. The van der Waals surface area contributed by atoms with Gasteiger partial charge in [0.05, 0.1) is 6.61 Å². The van der Waals surface area contributed by atoms with E-state index in [1.54, 1.807) is 0 Å². The SMILES string of the molecule is CCC1CNC(C)(CC)CN1CC1(OC)CCOC1. The second-order valence-corrected chi connectivity index (χ2v) is 6.45. The van der Waals surface area contributed by atoms with Crippen molar-refractivity contribution in [2.24, 2.45) is 0 Å². The lowest BCUT2D eigenvalue weighted by molar-refractivity contribution is -0.0612. The lowest BCUT2D eigenvalue weighted by Gasteiger charge is -2.48. The highest BCUT2D eigenvalue weighted by Gasteiger charge is 2.41. The predicted molar refractivity (Wildman–Crippen MR) is 77.5 cm³/mol. The van der Waals surface area contributed by atoms with E-state index in [1.165, 1.54) is 6.42 Å². The smallest absolute Gasteiger partial charge is 0.106 e. The Labute approximate surface area is 117 Å². The summed E-state index contributed by atoms with van der Waals surface area (Å²) in [6.07, 6.45) is 3.37. The molecule has 2 saturated heterocycles. The van der Waals surface area contributed by atoms with Gasteiger partial charge in [-0.05, 0) is 19.8 Å². The van der Waals surface area contributed by atoms with E-state index >= 15 is 0 Å². The van der Waals surface area contributed by atoms with Crippen LogP contribution < -0.4 is 5.32 Å². The molecule has 2 fully saturated rings. The molecular formula is C15H30N2O2. The molecule has 0 radical (unpaired) electrons. The van der Waals surface area contributed by atoms with Crippen molar-refractivity contribution in [3.8, 4) is 0 Å². The van der Waals surface area contributed by atoms with Gasteiger partial charge in [-0.2, -0.15) is 0 Å². The van der Waals surface area contributed by atoms with Gasteiger partial charge in [0.15, 0.2) is 0 Å². The van der Waals surface area contributed by atoms with Crippen molar-refractivity contribution in [2.75, 3.05) is 40.0 Å². The summed E-state index contributed by atoms with van der Waals surface area (Å²) in [5, 5.41) is 3.72. The van der Waals surface area contributed by atoms with E-state index in [2.05, 4.69) is 31.0 Å². The van der Waals surface area contributed by atoms with Gasteiger partial charge in [0, 0.05) is 51.4 Å². The van der Waals surface area contributed by atoms with Crippen LogP contribution in [0.5, 0.6) is 0 Å². The van der Waals surface area contributed by atoms with Crippen LogP contribution in [0.15, 0.2) is 0 Å². The Morgan fingerprint density at radius 2 is 2.21 bits per heavy atom. The van der Waals surface area contributed by atoms with Gasteiger partial charge in [0.2, 0.25) is 0 Å². The first-order valence-electron chi connectivity index (χ1n) is 7.68. The Hall–Kier alpha value is -0.160. The maximum absolute atomic E-state index is 5.81. The molecule has 0 aromatic rings. The standard InChI is InChI=1S/C15H30N2O2/c1-5-13-9-16-14(3,6-2)10-17(13)11-15(18-4)7-8-19-12-15/h13,16H,5-12H2,1-4H3. The molecule has 1 N–H and O–H groups in total. The van der Waals surface area contributed by atoms with E-state index < -0.39 is 0 Å². The van der Waals surface area contributed by atoms with Gasteiger partial charge in [-0.3, -0.25) is 4.90 Å². The van der Waals surface area contributed by atoms with Gasteiger partial charge in [-0.1, -0.05) is 13.8 Å². The minimum absolute atomic E-state index is 0.0839.